The quantitative estimate of drug-likeness (QED) is 0.512. The van der Waals surface area contributed by atoms with Gasteiger partial charge in [0.25, 0.3) is 0 Å². The number of nitrogens with zero attached hydrogens (tertiary/aromatic N) is 4. The largest absolute Gasteiger partial charge is 0.399 e. The predicted molar refractivity (Wildman–Crippen MR) is 109 cm³/mol. The lowest BCUT2D eigenvalue weighted by atomic mass is 9.92. The second-order valence-corrected chi connectivity index (χ2v) is 7.10. The van der Waals surface area contributed by atoms with Crippen LogP contribution < -0.4 is 22.1 Å². The van der Waals surface area contributed by atoms with Crippen molar-refractivity contribution < 1.29 is 0 Å². The zero-order chi connectivity index (χ0) is 18.8. The van der Waals surface area contributed by atoms with Crippen molar-refractivity contribution in [3.8, 4) is 0 Å². The van der Waals surface area contributed by atoms with Crippen LogP contribution in [0.25, 0.3) is 11.2 Å². The summed E-state index contributed by atoms with van der Waals surface area (Å²) in [5, 5.41) is 6.84. The van der Waals surface area contributed by atoms with E-state index in [0.717, 1.165) is 54.8 Å². The van der Waals surface area contributed by atoms with E-state index in [1.807, 2.05) is 28.8 Å². The Balaban J connectivity index is 1.66. The van der Waals surface area contributed by atoms with E-state index in [2.05, 4.69) is 22.5 Å². The summed E-state index contributed by atoms with van der Waals surface area (Å²) in [6, 6.07) is 8.23. The fourth-order valence-corrected chi connectivity index (χ4v) is 3.48. The van der Waals surface area contributed by atoms with Gasteiger partial charge in [-0.2, -0.15) is 9.97 Å². The van der Waals surface area contributed by atoms with Gasteiger partial charge in [-0.05, 0) is 56.9 Å². The number of nitrogens with two attached hydrogens (primary N) is 2. The summed E-state index contributed by atoms with van der Waals surface area (Å²) in [6.45, 7) is 2.87. The van der Waals surface area contributed by atoms with Gasteiger partial charge in [-0.25, -0.2) is 4.98 Å². The molecule has 27 heavy (non-hydrogen) atoms. The number of nitrogen functional groups attached to an aromatic ring is 1. The number of anilines is 4. The molecule has 1 fully saturated rings. The Labute approximate surface area is 158 Å². The van der Waals surface area contributed by atoms with Crippen molar-refractivity contribution in [3.05, 3.63) is 30.6 Å². The predicted octanol–water partition coefficient (Wildman–Crippen LogP) is 2.85. The van der Waals surface area contributed by atoms with Crippen molar-refractivity contribution in [1.82, 2.24) is 19.5 Å². The maximum atomic E-state index is 6.02. The van der Waals surface area contributed by atoms with Gasteiger partial charge in [0.1, 0.15) is 0 Å². The highest BCUT2D eigenvalue weighted by Gasteiger charge is 2.20. The number of hydrogen-bond donors (Lipinski definition) is 4. The smallest absolute Gasteiger partial charge is 0.227 e. The minimum Gasteiger partial charge on any atom is -0.399 e. The first-order chi connectivity index (χ1) is 13.1. The van der Waals surface area contributed by atoms with Gasteiger partial charge in [0, 0.05) is 30.0 Å². The first-order valence-electron chi connectivity index (χ1n) is 9.50. The van der Waals surface area contributed by atoms with Crippen LogP contribution in [0.2, 0.25) is 0 Å². The minimum atomic E-state index is 0.315. The normalized spacial score (nSPS) is 19.9. The molecule has 3 aromatic rings. The molecule has 0 bridgehead atoms. The molecule has 142 valence electrons. The minimum absolute atomic E-state index is 0.315. The van der Waals surface area contributed by atoms with Crippen LogP contribution in [0.3, 0.4) is 0 Å². The first-order valence-corrected chi connectivity index (χ1v) is 9.50. The van der Waals surface area contributed by atoms with Crippen LogP contribution in [-0.4, -0.2) is 31.6 Å². The molecular weight excluding hydrogens is 340 g/mol. The monoisotopic (exact) mass is 366 g/mol. The zero-order valence-corrected chi connectivity index (χ0v) is 15.5. The number of nitrogens with one attached hydrogen (secondary N) is 2. The van der Waals surface area contributed by atoms with Crippen LogP contribution in [0.5, 0.6) is 0 Å². The summed E-state index contributed by atoms with van der Waals surface area (Å²) < 4.78 is 2.02. The molecular formula is C19H26N8. The van der Waals surface area contributed by atoms with Crippen molar-refractivity contribution in [1.29, 1.82) is 0 Å². The Bertz CT molecular complexity index is 909. The zero-order valence-electron chi connectivity index (χ0n) is 15.5. The number of rotatable bonds is 5. The molecule has 0 unspecified atom stereocenters. The average molecular weight is 366 g/mol. The van der Waals surface area contributed by atoms with E-state index >= 15 is 0 Å². The van der Waals surface area contributed by atoms with Gasteiger partial charge in [-0.1, -0.05) is 0 Å². The Kier molecular flexibility index (Phi) is 4.81. The van der Waals surface area contributed by atoms with Gasteiger partial charge in [-0.3, -0.25) is 0 Å². The molecule has 0 atom stereocenters. The van der Waals surface area contributed by atoms with E-state index in [1.54, 1.807) is 6.33 Å². The van der Waals surface area contributed by atoms with E-state index in [0.29, 0.717) is 23.8 Å². The first kappa shape index (κ1) is 17.5. The summed E-state index contributed by atoms with van der Waals surface area (Å²) in [5.74, 6) is 1.31. The van der Waals surface area contributed by atoms with Crippen molar-refractivity contribution in [2.75, 3.05) is 16.4 Å². The highest BCUT2D eigenvalue weighted by molar-refractivity contribution is 5.86. The molecule has 1 aliphatic carbocycles. The lowest BCUT2D eigenvalue weighted by Gasteiger charge is -2.26. The number of imidazole rings is 1. The van der Waals surface area contributed by atoms with Gasteiger partial charge in [0.05, 0.1) is 6.33 Å². The molecule has 4 rings (SSSR count). The third kappa shape index (κ3) is 3.80. The standard InChI is InChI=1S/C19H26N8/c1-2-27-11-22-16-17(23-14-7-3-12(20)4-8-14)25-19(26-18(16)27)24-15-9-5-13(21)6-10-15/h3-4,7-8,11,13,15H,2,5-6,9-10,20-21H2,1H3,(H2,23,24,25,26)/t13-,15+. The molecule has 1 aliphatic rings. The van der Waals surface area contributed by atoms with Crippen LogP contribution in [-0.2, 0) is 6.54 Å². The SMILES string of the molecule is CCn1cnc2c(Nc3ccc(N)cc3)nc(N[C@H]3CC[C@@H](N)CC3)nc21. The van der Waals surface area contributed by atoms with Crippen molar-refractivity contribution >= 4 is 34.3 Å². The van der Waals surface area contributed by atoms with Crippen molar-refractivity contribution in [2.24, 2.45) is 5.73 Å². The summed E-state index contributed by atoms with van der Waals surface area (Å²) in [4.78, 5) is 13.9. The molecule has 0 aliphatic heterocycles. The van der Waals surface area contributed by atoms with Crippen LogP contribution in [0.15, 0.2) is 30.6 Å². The van der Waals surface area contributed by atoms with Gasteiger partial charge in [0.2, 0.25) is 5.95 Å². The third-order valence-electron chi connectivity index (χ3n) is 5.08. The fraction of sp³-hybridized carbons (Fsp3) is 0.421. The molecule has 8 nitrogen and oxygen atoms in total. The van der Waals surface area contributed by atoms with Gasteiger partial charge >= 0.3 is 0 Å². The van der Waals surface area contributed by atoms with Gasteiger partial charge in [0.15, 0.2) is 17.0 Å². The van der Waals surface area contributed by atoms with E-state index in [-0.39, 0.29) is 0 Å². The maximum Gasteiger partial charge on any atom is 0.227 e. The molecule has 1 aromatic carbocycles. The van der Waals surface area contributed by atoms with Crippen LogP contribution in [0.4, 0.5) is 23.1 Å². The fourth-order valence-electron chi connectivity index (χ4n) is 3.48. The van der Waals surface area contributed by atoms with Gasteiger partial charge < -0.3 is 26.7 Å². The molecule has 0 saturated heterocycles. The van der Waals surface area contributed by atoms with Crippen LogP contribution in [0, 0.1) is 0 Å². The molecule has 8 heteroatoms. The molecule has 2 heterocycles. The summed E-state index contributed by atoms with van der Waals surface area (Å²) in [6.07, 6.45) is 5.94. The highest BCUT2D eigenvalue weighted by Crippen LogP contribution is 2.26. The Morgan fingerprint density at radius 1 is 1.11 bits per heavy atom. The average Bonchev–Trinajstić information content (AvgIpc) is 3.09. The maximum absolute atomic E-state index is 6.02. The number of aryl methyl sites for hydroxylation is 1. The number of benzene rings is 1. The molecule has 0 spiro atoms. The van der Waals surface area contributed by atoms with Crippen LogP contribution in [0.1, 0.15) is 32.6 Å². The van der Waals surface area contributed by atoms with E-state index < -0.39 is 0 Å². The van der Waals surface area contributed by atoms with Crippen molar-refractivity contribution in [2.45, 2.75) is 51.2 Å². The second kappa shape index (κ2) is 7.40. The van der Waals surface area contributed by atoms with E-state index in [1.165, 1.54) is 0 Å². The summed E-state index contributed by atoms with van der Waals surface area (Å²) >= 11 is 0. The summed E-state index contributed by atoms with van der Waals surface area (Å²) in [7, 11) is 0. The Hall–Kier alpha value is -2.87. The highest BCUT2D eigenvalue weighted by atomic mass is 15.2. The Morgan fingerprint density at radius 3 is 2.56 bits per heavy atom. The molecule has 1 saturated carbocycles. The Morgan fingerprint density at radius 2 is 1.85 bits per heavy atom. The topological polar surface area (TPSA) is 120 Å². The third-order valence-corrected chi connectivity index (χ3v) is 5.08. The lowest BCUT2D eigenvalue weighted by molar-refractivity contribution is 0.410. The van der Waals surface area contributed by atoms with Gasteiger partial charge in [-0.15, -0.1) is 0 Å². The molecule has 6 N–H and O–H groups in total. The molecule has 0 radical (unpaired) electrons. The number of aromatic nitrogens is 4. The van der Waals surface area contributed by atoms with E-state index in [4.69, 9.17) is 21.4 Å². The second-order valence-electron chi connectivity index (χ2n) is 7.10. The van der Waals surface area contributed by atoms with Crippen LogP contribution >= 0.6 is 0 Å². The summed E-state index contributed by atoms with van der Waals surface area (Å²) in [5.41, 5.74) is 15.0. The van der Waals surface area contributed by atoms with E-state index in [9.17, 15) is 0 Å². The number of fused-ring (bicyclic) bond motifs is 1. The molecule has 0 amide bonds. The number of hydrogen-bond acceptors (Lipinski definition) is 7. The van der Waals surface area contributed by atoms with Crippen molar-refractivity contribution in [3.63, 3.8) is 0 Å². The molecule has 2 aromatic heterocycles. The lowest BCUT2D eigenvalue weighted by Crippen LogP contribution is -2.33.